The summed E-state index contributed by atoms with van der Waals surface area (Å²) in [6, 6.07) is 32.2. The van der Waals surface area contributed by atoms with Crippen molar-refractivity contribution < 1.29 is 0 Å². The fourth-order valence-electron chi connectivity index (χ4n) is 4.31. The summed E-state index contributed by atoms with van der Waals surface area (Å²) in [5.41, 5.74) is 2.78. The Morgan fingerprint density at radius 2 is 1.00 bits per heavy atom. The molecule has 0 atom stereocenters. The van der Waals surface area contributed by atoms with Gasteiger partial charge < -0.3 is 0 Å². The van der Waals surface area contributed by atoms with Gasteiger partial charge in [0.15, 0.2) is 0 Å². The standard InChI is InChI=1S/C26H26ClPS/c1-20-21(2)29-22(3)26(20)19-28(27,23-13-7-4-8-14-23,24-15-9-5-10-16-24)25-17-11-6-12-18-25/h4-18H,19H2,1-3H3. The minimum atomic E-state index is -3.25. The van der Waals surface area contributed by atoms with Gasteiger partial charge >= 0.3 is 183 Å². The van der Waals surface area contributed by atoms with Gasteiger partial charge in [0.1, 0.15) is 0 Å². The zero-order chi connectivity index (χ0) is 20.5. The van der Waals surface area contributed by atoms with E-state index in [-0.39, 0.29) is 0 Å². The fourth-order valence-corrected chi connectivity index (χ4v) is 11.8. The Labute approximate surface area is 182 Å². The summed E-state index contributed by atoms with van der Waals surface area (Å²) in [5, 5.41) is 3.67. The number of hydrogen-bond acceptors (Lipinski definition) is 1. The molecule has 29 heavy (non-hydrogen) atoms. The van der Waals surface area contributed by atoms with Gasteiger partial charge in [-0.2, -0.15) is 0 Å². The number of thiophene rings is 1. The first-order valence-electron chi connectivity index (χ1n) is 9.90. The zero-order valence-corrected chi connectivity index (χ0v) is 19.6. The molecule has 1 heterocycles. The van der Waals surface area contributed by atoms with Crippen molar-refractivity contribution in [2.24, 2.45) is 0 Å². The molecule has 0 fully saturated rings. The van der Waals surface area contributed by atoms with Gasteiger partial charge in [-0.3, -0.25) is 0 Å². The number of benzene rings is 3. The Bertz CT molecular complexity index is 1020. The summed E-state index contributed by atoms with van der Waals surface area (Å²) < 4.78 is 0. The molecule has 0 saturated carbocycles. The predicted octanol–water partition coefficient (Wildman–Crippen LogP) is 6.86. The number of aryl methyl sites for hydroxylation is 2. The van der Waals surface area contributed by atoms with E-state index in [1.807, 2.05) is 11.3 Å². The Hall–Kier alpha value is -1.92. The van der Waals surface area contributed by atoms with Crippen LogP contribution in [0.25, 0.3) is 0 Å². The number of halogens is 1. The van der Waals surface area contributed by atoms with E-state index in [9.17, 15) is 0 Å². The minimum absolute atomic E-state index is 0.827. The molecule has 1 aromatic heterocycles. The topological polar surface area (TPSA) is 0 Å². The van der Waals surface area contributed by atoms with Crippen molar-refractivity contribution in [1.29, 1.82) is 0 Å². The van der Waals surface area contributed by atoms with Gasteiger partial charge in [-0.1, -0.05) is 0 Å². The first kappa shape index (κ1) is 20.4. The second kappa shape index (κ2) is 7.73. The molecule has 3 aromatic carbocycles. The van der Waals surface area contributed by atoms with Crippen LogP contribution >= 0.6 is 28.5 Å². The van der Waals surface area contributed by atoms with Crippen LogP contribution in [-0.2, 0) is 6.16 Å². The van der Waals surface area contributed by atoms with Gasteiger partial charge in [0.2, 0.25) is 0 Å². The van der Waals surface area contributed by atoms with Gasteiger partial charge in [-0.15, -0.1) is 0 Å². The molecule has 4 aromatic rings. The van der Waals surface area contributed by atoms with Crippen LogP contribution in [0.5, 0.6) is 0 Å². The first-order valence-corrected chi connectivity index (χ1v) is 14.0. The Morgan fingerprint density at radius 3 is 1.31 bits per heavy atom. The normalized spacial score (nSPS) is 13.0. The molecule has 0 aliphatic heterocycles. The third-order valence-electron chi connectivity index (χ3n) is 6.05. The van der Waals surface area contributed by atoms with E-state index < -0.39 is 5.96 Å². The quantitative estimate of drug-likeness (QED) is 0.300. The average molecular weight is 437 g/mol. The van der Waals surface area contributed by atoms with Crippen molar-refractivity contribution in [3.63, 3.8) is 0 Å². The van der Waals surface area contributed by atoms with Crippen molar-refractivity contribution in [3.05, 3.63) is 112 Å². The van der Waals surface area contributed by atoms with Crippen molar-refractivity contribution in [2.45, 2.75) is 26.9 Å². The molecule has 0 aliphatic rings. The molecule has 0 aliphatic carbocycles. The molecule has 0 spiro atoms. The van der Waals surface area contributed by atoms with E-state index in [4.69, 9.17) is 11.2 Å². The van der Waals surface area contributed by atoms with E-state index in [1.165, 1.54) is 36.8 Å². The second-order valence-corrected chi connectivity index (χ2v) is 15.6. The fraction of sp³-hybridized carbons (Fsp3) is 0.154. The summed E-state index contributed by atoms with van der Waals surface area (Å²) in [6.07, 6.45) is 0.827. The van der Waals surface area contributed by atoms with Crippen LogP contribution in [0.2, 0.25) is 0 Å². The SMILES string of the molecule is Cc1sc(C)c(CP(Cl)(c2ccccc2)(c2ccccc2)c2ccccc2)c1C. The first-order chi connectivity index (χ1) is 13.9. The van der Waals surface area contributed by atoms with Crippen LogP contribution < -0.4 is 15.9 Å². The summed E-state index contributed by atoms with van der Waals surface area (Å²) in [5.74, 6) is -3.25. The van der Waals surface area contributed by atoms with Gasteiger partial charge in [0.05, 0.1) is 0 Å². The molecule has 3 heteroatoms. The molecule has 0 unspecified atom stereocenters. The Balaban J connectivity index is 2.13. The average Bonchev–Trinajstić information content (AvgIpc) is 3.01. The molecule has 0 amide bonds. The molecule has 0 radical (unpaired) electrons. The van der Waals surface area contributed by atoms with Gasteiger partial charge in [-0.05, 0) is 0 Å². The summed E-state index contributed by atoms with van der Waals surface area (Å²) in [6.45, 7) is 6.69. The van der Waals surface area contributed by atoms with Crippen LogP contribution in [0.15, 0.2) is 91.0 Å². The van der Waals surface area contributed by atoms with E-state index in [0.717, 1.165) is 6.16 Å². The molecule has 0 saturated heterocycles. The monoisotopic (exact) mass is 436 g/mol. The van der Waals surface area contributed by atoms with Gasteiger partial charge in [-0.25, -0.2) is 0 Å². The zero-order valence-electron chi connectivity index (χ0n) is 17.1. The number of hydrogen-bond donors (Lipinski definition) is 0. The van der Waals surface area contributed by atoms with E-state index in [1.54, 1.807) is 0 Å². The molecule has 0 bridgehead atoms. The second-order valence-electron chi connectivity index (χ2n) is 7.67. The molecular weight excluding hydrogens is 411 g/mol. The van der Waals surface area contributed by atoms with Crippen molar-refractivity contribution in [3.8, 4) is 0 Å². The summed E-state index contributed by atoms with van der Waals surface area (Å²) >= 11 is 10.1. The third-order valence-corrected chi connectivity index (χ3v) is 14.4. The predicted molar refractivity (Wildman–Crippen MR) is 133 cm³/mol. The molecule has 148 valence electrons. The van der Waals surface area contributed by atoms with Crippen LogP contribution in [0.3, 0.4) is 0 Å². The van der Waals surface area contributed by atoms with Crippen LogP contribution in [0.4, 0.5) is 0 Å². The van der Waals surface area contributed by atoms with Crippen LogP contribution in [0, 0.1) is 20.8 Å². The maximum atomic E-state index is 8.20. The summed E-state index contributed by atoms with van der Waals surface area (Å²) in [7, 11) is 0. The van der Waals surface area contributed by atoms with Gasteiger partial charge in [0, 0.05) is 0 Å². The Morgan fingerprint density at radius 1 is 0.621 bits per heavy atom. The molecular formula is C26H26ClPS. The maximum absolute atomic E-state index is 8.20. The van der Waals surface area contributed by atoms with Crippen LogP contribution in [0.1, 0.15) is 20.9 Å². The summed E-state index contributed by atoms with van der Waals surface area (Å²) in [4.78, 5) is 2.76. The third kappa shape index (κ3) is 3.26. The van der Waals surface area contributed by atoms with E-state index in [0.29, 0.717) is 0 Å². The molecule has 4 rings (SSSR count). The molecule has 0 nitrogen and oxygen atoms in total. The Kier molecular flexibility index (Phi) is 5.42. The van der Waals surface area contributed by atoms with Crippen molar-refractivity contribution >= 4 is 44.4 Å². The van der Waals surface area contributed by atoms with E-state index in [2.05, 4.69) is 112 Å². The van der Waals surface area contributed by atoms with E-state index >= 15 is 0 Å². The van der Waals surface area contributed by atoms with Crippen LogP contribution in [-0.4, -0.2) is 0 Å². The van der Waals surface area contributed by atoms with Crippen molar-refractivity contribution in [2.75, 3.05) is 0 Å². The number of rotatable bonds is 5. The molecule has 0 N–H and O–H groups in total. The van der Waals surface area contributed by atoms with Crippen molar-refractivity contribution in [1.82, 2.24) is 0 Å². The van der Waals surface area contributed by atoms with Gasteiger partial charge in [0.25, 0.3) is 0 Å².